The van der Waals surface area contributed by atoms with Gasteiger partial charge in [0, 0.05) is 12.2 Å². The van der Waals surface area contributed by atoms with Gasteiger partial charge in [-0.3, -0.25) is 5.10 Å². The summed E-state index contributed by atoms with van der Waals surface area (Å²) in [7, 11) is 0. The van der Waals surface area contributed by atoms with E-state index in [9.17, 15) is 0 Å². The molecule has 1 atom stereocenters. The molecule has 1 heterocycles. The molecule has 1 aromatic heterocycles. The number of aromatic amines is 1. The molecule has 1 aromatic carbocycles. The molecule has 0 spiro atoms. The van der Waals surface area contributed by atoms with E-state index in [1.54, 1.807) is 6.20 Å². The second-order valence-corrected chi connectivity index (χ2v) is 5.73. The smallest absolute Gasteiger partial charge is 0.0728 e. The quantitative estimate of drug-likeness (QED) is 0.859. The van der Waals surface area contributed by atoms with Crippen LogP contribution < -0.4 is 5.32 Å². The van der Waals surface area contributed by atoms with Gasteiger partial charge in [-0.1, -0.05) is 45.0 Å². The highest BCUT2D eigenvalue weighted by Crippen LogP contribution is 2.25. The number of hydrogen-bond donors (Lipinski definition) is 2. The number of rotatable bonds is 3. The number of hydrogen-bond acceptors (Lipinski definition) is 2. The molecule has 3 heteroatoms. The minimum absolute atomic E-state index is 0.208. The van der Waals surface area contributed by atoms with Crippen molar-refractivity contribution in [3.8, 4) is 0 Å². The normalized spacial score (nSPS) is 13.3. The lowest BCUT2D eigenvalue weighted by Crippen LogP contribution is -2.12. The lowest BCUT2D eigenvalue weighted by Gasteiger charge is -2.20. The first-order chi connectivity index (χ1) is 8.47. The number of H-pyrrole nitrogens is 1. The van der Waals surface area contributed by atoms with Crippen molar-refractivity contribution in [1.82, 2.24) is 10.2 Å². The Kier molecular flexibility index (Phi) is 3.41. The fourth-order valence-electron chi connectivity index (χ4n) is 1.93. The fourth-order valence-corrected chi connectivity index (χ4v) is 1.93. The Morgan fingerprint density at radius 1 is 1.17 bits per heavy atom. The maximum Gasteiger partial charge on any atom is 0.0728 e. The van der Waals surface area contributed by atoms with Crippen molar-refractivity contribution >= 4 is 5.69 Å². The van der Waals surface area contributed by atoms with E-state index in [0.29, 0.717) is 0 Å². The van der Waals surface area contributed by atoms with Gasteiger partial charge in [0.1, 0.15) is 0 Å². The van der Waals surface area contributed by atoms with Crippen molar-refractivity contribution in [2.24, 2.45) is 0 Å². The number of anilines is 1. The Labute approximate surface area is 109 Å². The Bertz CT molecular complexity index is 477. The zero-order valence-electron chi connectivity index (χ0n) is 11.5. The number of nitrogens with one attached hydrogen (secondary N) is 2. The molecule has 1 unspecified atom stereocenters. The largest absolute Gasteiger partial charge is 0.376 e. The molecule has 3 nitrogen and oxygen atoms in total. The molecule has 96 valence electrons. The molecule has 2 aromatic rings. The minimum Gasteiger partial charge on any atom is -0.376 e. The molecule has 0 fully saturated rings. The topological polar surface area (TPSA) is 40.7 Å². The molecule has 0 aliphatic heterocycles. The summed E-state index contributed by atoms with van der Waals surface area (Å²) in [4.78, 5) is 0. The fraction of sp³-hybridized carbons (Fsp3) is 0.400. The molecule has 2 N–H and O–H groups in total. The van der Waals surface area contributed by atoms with Crippen molar-refractivity contribution in [1.29, 1.82) is 0 Å². The van der Waals surface area contributed by atoms with E-state index in [-0.39, 0.29) is 11.5 Å². The zero-order valence-corrected chi connectivity index (χ0v) is 11.5. The molecule has 18 heavy (non-hydrogen) atoms. The predicted molar refractivity (Wildman–Crippen MR) is 75.8 cm³/mol. The van der Waals surface area contributed by atoms with Gasteiger partial charge in [-0.2, -0.15) is 5.10 Å². The van der Waals surface area contributed by atoms with Crippen LogP contribution in [0.3, 0.4) is 0 Å². The summed E-state index contributed by atoms with van der Waals surface area (Å²) in [5, 5.41) is 10.1. The number of benzene rings is 1. The Balaban J connectivity index is 2.10. The standard InChI is InChI=1S/C15H21N3/c1-11(18-14-9-16-17-10-14)12-5-7-13(8-6-12)15(2,3)4/h5-11,18H,1-4H3,(H,16,17). The van der Waals surface area contributed by atoms with Gasteiger partial charge in [0.05, 0.1) is 11.9 Å². The summed E-state index contributed by atoms with van der Waals surface area (Å²) >= 11 is 0. The Morgan fingerprint density at radius 2 is 1.83 bits per heavy atom. The summed E-state index contributed by atoms with van der Waals surface area (Å²) < 4.78 is 0. The molecular weight excluding hydrogens is 222 g/mol. The van der Waals surface area contributed by atoms with Crippen LogP contribution >= 0.6 is 0 Å². The van der Waals surface area contributed by atoms with E-state index >= 15 is 0 Å². The van der Waals surface area contributed by atoms with Gasteiger partial charge in [-0.05, 0) is 23.5 Å². The van der Waals surface area contributed by atoms with Gasteiger partial charge in [0.15, 0.2) is 0 Å². The van der Waals surface area contributed by atoms with E-state index in [1.807, 2.05) is 6.20 Å². The average molecular weight is 243 g/mol. The SMILES string of the molecule is CC(Nc1cn[nH]c1)c1ccc(C(C)(C)C)cc1. The zero-order chi connectivity index (χ0) is 13.2. The van der Waals surface area contributed by atoms with Crippen molar-refractivity contribution in [2.75, 3.05) is 5.32 Å². The van der Waals surface area contributed by atoms with E-state index in [4.69, 9.17) is 0 Å². The van der Waals surface area contributed by atoms with Crippen LogP contribution in [-0.2, 0) is 5.41 Å². The third-order valence-electron chi connectivity index (χ3n) is 3.16. The number of aromatic nitrogens is 2. The maximum absolute atomic E-state index is 3.93. The van der Waals surface area contributed by atoms with Crippen LogP contribution in [0, 0.1) is 0 Å². The van der Waals surface area contributed by atoms with E-state index in [0.717, 1.165) is 5.69 Å². The third kappa shape index (κ3) is 2.92. The molecule has 0 bridgehead atoms. The van der Waals surface area contributed by atoms with Crippen LogP contribution in [-0.4, -0.2) is 10.2 Å². The van der Waals surface area contributed by atoms with Gasteiger partial charge in [-0.15, -0.1) is 0 Å². The molecule has 0 saturated heterocycles. The number of nitrogens with zero attached hydrogens (tertiary/aromatic N) is 1. The summed E-state index contributed by atoms with van der Waals surface area (Å²) in [6, 6.07) is 9.08. The second-order valence-electron chi connectivity index (χ2n) is 5.73. The van der Waals surface area contributed by atoms with Crippen LogP contribution in [0.15, 0.2) is 36.7 Å². The van der Waals surface area contributed by atoms with Crippen LogP contribution in [0.4, 0.5) is 5.69 Å². The van der Waals surface area contributed by atoms with Crippen molar-refractivity contribution in [3.63, 3.8) is 0 Å². The summed E-state index contributed by atoms with van der Waals surface area (Å²) in [5.41, 5.74) is 3.87. The summed E-state index contributed by atoms with van der Waals surface area (Å²) in [6.07, 6.45) is 3.65. The first-order valence-corrected chi connectivity index (χ1v) is 6.32. The van der Waals surface area contributed by atoms with E-state index in [1.165, 1.54) is 11.1 Å². The summed E-state index contributed by atoms with van der Waals surface area (Å²) in [6.45, 7) is 8.85. The highest BCUT2D eigenvalue weighted by Gasteiger charge is 2.14. The van der Waals surface area contributed by atoms with E-state index < -0.39 is 0 Å². The third-order valence-corrected chi connectivity index (χ3v) is 3.16. The van der Waals surface area contributed by atoms with Crippen molar-refractivity contribution < 1.29 is 0 Å². The molecule has 0 amide bonds. The molecule has 0 radical (unpaired) electrons. The van der Waals surface area contributed by atoms with Crippen molar-refractivity contribution in [3.05, 3.63) is 47.8 Å². The molecule has 0 aliphatic carbocycles. The van der Waals surface area contributed by atoms with Gasteiger partial charge in [-0.25, -0.2) is 0 Å². The lowest BCUT2D eigenvalue weighted by atomic mass is 9.86. The monoisotopic (exact) mass is 243 g/mol. The lowest BCUT2D eigenvalue weighted by molar-refractivity contribution is 0.589. The second kappa shape index (κ2) is 4.84. The van der Waals surface area contributed by atoms with Gasteiger partial charge < -0.3 is 5.32 Å². The van der Waals surface area contributed by atoms with Gasteiger partial charge in [0.2, 0.25) is 0 Å². The first-order valence-electron chi connectivity index (χ1n) is 6.32. The van der Waals surface area contributed by atoms with Crippen LogP contribution in [0.1, 0.15) is 44.9 Å². The van der Waals surface area contributed by atoms with Crippen LogP contribution in [0.5, 0.6) is 0 Å². The van der Waals surface area contributed by atoms with Gasteiger partial charge in [0.25, 0.3) is 0 Å². The van der Waals surface area contributed by atoms with E-state index in [2.05, 4.69) is 67.5 Å². The molecule has 2 rings (SSSR count). The summed E-state index contributed by atoms with van der Waals surface area (Å²) in [5.74, 6) is 0. The molecule has 0 saturated carbocycles. The molecular formula is C15H21N3. The van der Waals surface area contributed by atoms with Crippen LogP contribution in [0.2, 0.25) is 0 Å². The minimum atomic E-state index is 0.208. The highest BCUT2D eigenvalue weighted by molar-refractivity contribution is 5.41. The Morgan fingerprint density at radius 3 is 2.33 bits per heavy atom. The molecule has 0 aliphatic rings. The average Bonchev–Trinajstić information content (AvgIpc) is 2.81. The van der Waals surface area contributed by atoms with Crippen LogP contribution in [0.25, 0.3) is 0 Å². The van der Waals surface area contributed by atoms with Crippen molar-refractivity contribution in [2.45, 2.75) is 39.2 Å². The maximum atomic E-state index is 3.93. The van der Waals surface area contributed by atoms with Gasteiger partial charge >= 0.3 is 0 Å². The highest BCUT2D eigenvalue weighted by atomic mass is 15.1. The predicted octanol–water partition coefficient (Wildman–Crippen LogP) is 3.88. The Hall–Kier alpha value is -1.77. The first kappa shape index (κ1) is 12.7.